The van der Waals surface area contributed by atoms with Gasteiger partial charge in [-0.25, -0.2) is 9.97 Å². The maximum Gasteiger partial charge on any atom is 0.416 e. The first-order valence-corrected chi connectivity index (χ1v) is 8.64. The number of anilines is 2. The molecule has 148 valence electrons. The molecule has 1 aromatic heterocycles. The summed E-state index contributed by atoms with van der Waals surface area (Å²) in [6, 6.07) is 8.92. The fourth-order valence-corrected chi connectivity index (χ4v) is 2.59. The quantitative estimate of drug-likeness (QED) is 0.613. The van der Waals surface area contributed by atoms with E-state index in [1.54, 1.807) is 30.4 Å². The zero-order valence-electron chi connectivity index (χ0n) is 14.7. The lowest BCUT2D eigenvalue weighted by Gasteiger charge is -2.10. The van der Waals surface area contributed by atoms with Crippen molar-refractivity contribution in [2.75, 3.05) is 11.1 Å². The van der Waals surface area contributed by atoms with Crippen LogP contribution < -0.4 is 11.1 Å². The van der Waals surface area contributed by atoms with Gasteiger partial charge in [0.05, 0.1) is 5.56 Å². The van der Waals surface area contributed by atoms with Crippen LogP contribution in [-0.2, 0) is 6.18 Å². The molecule has 0 fully saturated rings. The Morgan fingerprint density at radius 2 is 1.79 bits per heavy atom. The molecule has 3 N–H and O–H groups in total. The number of rotatable bonds is 4. The molecule has 1 amide bonds. The molecule has 9 heteroatoms. The van der Waals surface area contributed by atoms with Crippen molar-refractivity contribution < 1.29 is 18.0 Å². The normalized spacial score (nSPS) is 11.6. The highest BCUT2D eigenvalue weighted by Gasteiger charge is 2.30. The molecule has 0 unspecified atom stereocenters. The van der Waals surface area contributed by atoms with Crippen LogP contribution >= 0.6 is 11.6 Å². The SMILES string of the molecule is Nc1ncc(/C=C/c2cc(NC(=O)c3cccc(C(F)(F)F)c3)ccc2Cl)cn1. The minimum absolute atomic E-state index is 0.106. The maximum absolute atomic E-state index is 12.8. The summed E-state index contributed by atoms with van der Waals surface area (Å²) >= 11 is 6.17. The van der Waals surface area contributed by atoms with E-state index >= 15 is 0 Å². The highest BCUT2D eigenvalue weighted by atomic mass is 35.5. The summed E-state index contributed by atoms with van der Waals surface area (Å²) in [5.74, 6) is -0.514. The number of hydrogen-bond acceptors (Lipinski definition) is 4. The molecule has 0 radical (unpaired) electrons. The van der Waals surface area contributed by atoms with Crippen molar-refractivity contribution in [1.29, 1.82) is 0 Å². The minimum atomic E-state index is -4.53. The van der Waals surface area contributed by atoms with E-state index in [1.807, 2.05) is 0 Å². The number of benzene rings is 2. The van der Waals surface area contributed by atoms with Gasteiger partial charge in [0.15, 0.2) is 0 Å². The Bertz CT molecular complexity index is 1070. The number of amides is 1. The van der Waals surface area contributed by atoms with Crippen molar-refractivity contribution in [1.82, 2.24) is 9.97 Å². The van der Waals surface area contributed by atoms with Gasteiger partial charge in [-0.2, -0.15) is 13.2 Å². The highest BCUT2D eigenvalue weighted by molar-refractivity contribution is 6.32. The first-order chi connectivity index (χ1) is 13.7. The van der Waals surface area contributed by atoms with Crippen molar-refractivity contribution in [3.8, 4) is 0 Å². The Morgan fingerprint density at radius 3 is 2.48 bits per heavy atom. The Hall–Kier alpha value is -3.39. The molecule has 0 saturated carbocycles. The van der Waals surface area contributed by atoms with Crippen molar-refractivity contribution in [3.63, 3.8) is 0 Å². The standard InChI is InChI=1S/C20H14ClF3N4O/c21-17-7-6-16(9-13(17)5-4-12-10-26-19(25)27-11-12)28-18(29)14-2-1-3-15(8-14)20(22,23)24/h1-11H,(H,28,29)(H2,25,26,27)/b5-4+. The van der Waals surface area contributed by atoms with E-state index in [4.69, 9.17) is 17.3 Å². The van der Waals surface area contributed by atoms with Gasteiger partial charge < -0.3 is 11.1 Å². The second-order valence-corrected chi connectivity index (χ2v) is 6.38. The van der Waals surface area contributed by atoms with E-state index in [1.165, 1.54) is 24.5 Å². The molecule has 3 rings (SSSR count). The third-order valence-corrected chi connectivity index (χ3v) is 4.20. The van der Waals surface area contributed by atoms with E-state index < -0.39 is 17.6 Å². The number of carbonyl (C=O) groups excluding carboxylic acids is 1. The summed E-state index contributed by atoms with van der Waals surface area (Å²) in [4.78, 5) is 20.1. The second-order valence-electron chi connectivity index (χ2n) is 5.98. The number of halogens is 4. The summed E-state index contributed by atoms with van der Waals surface area (Å²) < 4.78 is 38.5. The van der Waals surface area contributed by atoms with Gasteiger partial charge in [-0.15, -0.1) is 0 Å². The lowest BCUT2D eigenvalue weighted by molar-refractivity contribution is -0.137. The number of alkyl halides is 3. The van der Waals surface area contributed by atoms with Crippen LogP contribution in [0.25, 0.3) is 12.2 Å². The number of nitrogens with one attached hydrogen (secondary N) is 1. The predicted molar refractivity (Wildman–Crippen MR) is 106 cm³/mol. The molecular formula is C20H14ClF3N4O. The van der Waals surface area contributed by atoms with E-state index in [2.05, 4.69) is 15.3 Å². The third-order valence-electron chi connectivity index (χ3n) is 3.85. The van der Waals surface area contributed by atoms with Gasteiger partial charge in [0.25, 0.3) is 5.91 Å². The molecule has 0 atom stereocenters. The molecular weight excluding hydrogens is 405 g/mol. The molecule has 1 heterocycles. The molecule has 2 aromatic carbocycles. The van der Waals surface area contributed by atoms with Crippen LogP contribution in [0.3, 0.4) is 0 Å². The molecule has 0 spiro atoms. The zero-order valence-corrected chi connectivity index (χ0v) is 15.5. The fourth-order valence-electron chi connectivity index (χ4n) is 2.41. The van der Waals surface area contributed by atoms with Crippen molar-refractivity contribution >= 4 is 41.3 Å². The first kappa shape index (κ1) is 20.3. The van der Waals surface area contributed by atoms with E-state index in [-0.39, 0.29) is 11.5 Å². The van der Waals surface area contributed by atoms with E-state index in [9.17, 15) is 18.0 Å². The van der Waals surface area contributed by atoms with Gasteiger partial charge in [-0.05, 0) is 42.0 Å². The molecule has 0 aliphatic rings. The fraction of sp³-hybridized carbons (Fsp3) is 0.0500. The molecule has 0 saturated heterocycles. The summed E-state index contributed by atoms with van der Waals surface area (Å²) in [5, 5.41) is 3.00. The molecule has 0 aliphatic heterocycles. The Morgan fingerprint density at radius 1 is 1.07 bits per heavy atom. The number of nitrogens with zero attached hydrogens (tertiary/aromatic N) is 2. The summed E-state index contributed by atoms with van der Waals surface area (Å²) in [5.41, 5.74) is 6.09. The van der Waals surface area contributed by atoms with Crippen LogP contribution in [-0.4, -0.2) is 15.9 Å². The molecule has 5 nitrogen and oxygen atoms in total. The van der Waals surface area contributed by atoms with E-state index in [0.29, 0.717) is 21.8 Å². The van der Waals surface area contributed by atoms with Crippen LogP contribution in [0.15, 0.2) is 54.9 Å². The second kappa shape index (κ2) is 8.32. The molecule has 3 aromatic rings. The minimum Gasteiger partial charge on any atom is -0.368 e. The number of nitrogens with two attached hydrogens (primary N) is 1. The van der Waals surface area contributed by atoms with Crippen LogP contribution in [0.2, 0.25) is 5.02 Å². The largest absolute Gasteiger partial charge is 0.416 e. The summed E-state index contributed by atoms with van der Waals surface area (Å²) in [6.07, 6.45) is 1.94. The highest BCUT2D eigenvalue weighted by Crippen LogP contribution is 2.30. The molecule has 0 aliphatic carbocycles. The third kappa shape index (κ3) is 5.32. The average molecular weight is 419 g/mol. The molecule has 29 heavy (non-hydrogen) atoms. The van der Waals surface area contributed by atoms with Crippen molar-refractivity contribution in [2.45, 2.75) is 6.18 Å². The number of hydrogen-bond donors (Lipinski definition) is 2. The van der Waals surface area contributed by atoms with Crippen LogP contribution in [0.4, 0.5) is 24.8 Å². The lowest BCUT2D eigenvalue weighted by atomic mass is 10.1. The zero-order chi connectivity index (χ0) is 21.0. The van der Waals surface area contributed by atoms with Gasteiger partial charge in [-0.3, -0.25) is 4.79 Å². The van der Waals surface area contributed by atoms with E-state index in [0.717, 1.165) is 12.1 Å². The summed E-state index contributed by atoms with van der Waals surface area (Å²) in [7, 11) is 0. The van der Waals surface area contributed by atoms with Gasteiger partial charge in [0.1, 0.15) is 0 Å². The Balaban J connectivity index is 1.79. The maximum atomic E-state index is 12.8. The Labute approximate surface area is 169 Å². The number of aromatic nitrogens is 2. The monoisotopic (exact) mass is 418 g/mol. The Kier molecular flexibility index (Phi) is 5.84. The van der Waals surface area contributed by atoms with Gasteiger partial charge in [0, 0.05) is 34.2 Å². The smallest absolute Gasteiger partial charge is 0.368 e. The first-order valence-electron chi connectivity index (χ1n) is 8.26. The van der Waals surface area contributed by atoms with Crippen molar-refractivity contribution in [2.24, 2.45) is 0 Å². The average Bonchev–Trinajstić information content (AvgIpc) is 2.69. The summed E-state index contributed by atoms with van der Waals surface area (Å²) in [6.45, 7) is 0. The van der Waals surface area contributed by atoms with Crippen LogP contribution in [0.1, 0.15) is 27.0 Å². The van der Waals surface area contributed by atoms with Crippen molar-refractivity contribution in [3.05, 3.63) is 82.1 Å². The van der Waals surface area contributed by atoms with Gasteiger partial charge >= 0.3 is 6.18 Å². The predicted octanol–water partition coefficient (Wildman–Crippen LogP) is 5.15. The van der Waals surface area contributed by atoms with Crippen LogP contribution in [0, 0.1) is 0 Å². The molecule has 0 bridgehead atoms. The number of nitrogen functional groups attached to an aromatic ring is 1. The van der Waals surface area contributed by atoms with Gasteiger partial charge in [0.2, 0.25) is 5.95 Å². The van der Waals surface area contributed by atoms with Gasteiger partial charge in [-0.1, -0.05) is 29.8 Å². The topological polar surface area (TPSA) is 80.9 Å². The lowest BCUT2D eigenvalue weighted by Crippen LogP contribution is -2.14. The number of carbonyl (C=O) groups is 1. The van der Waals surface area contributed by atoms with Crippen LogP contribution in [0.5, 0.6) is 0 Å².